The van der Waals surface area contributed by atoms with Gasteiger partial charge in [0, 0.05) is 32.7 Å². The number of amides is 1. The van der Waals surface area contributed by atoms with Crippen LogP contribution < -0.4 is 5.32 Å². The van der Waals surface area contributed by atoms with E-state index in [1.54, 1.807) is 7.11 Å². The fourth-order valence-electron chi connectivity index (χ4n) is 1.94. The number of carbonyl (C=O) groups is 1. The highest BCUT2D eigenvalue weighted by Crippen LogP contribution is 2.03. The second kappa shape index (κ2) is 10.8. The number of methoxy groups -OCH3 is 1. The van der Waals surface area contributed by atoms with Gasteiger partial charge in [0.15, 0.2) is 0 Å². The maximum Gasteiger partial charge on any atom is 0.237 e. The third-order valence-electron chi connectivity index (χ3n) is 3.13. The van der Waals surface area contributed by atoms with Crippen LogP contribution in [-0.2, 0) is 9.53 Å². The van der Waals surface area contributed by atoms with Crippen LogP contribution in [0.25, 0.3) is 0 Å². The van der Waals surface area contributed by atoms with Crippen molar-refractivity contribution in [3.05, 3.63) is 0 Å². The molecule has 0 saturated heterocycles. The molecule has 2 unspecified atom stereocenters. The van der Waals surface area contributed by atoms with Crippen LogP contribution in [0.15, 0.2) is 0 Å². The van der Waals surface area contributed by atoms with Crippen molar-refractivity contribution in [2.45, 2.75) is 52.1 Å². The fourth-order valence-corrected chi connectivity index (χ4v) is 1.94. The molecule has 0 aromatic heterocycles. The van der Waals surface area contributed by atoms with Gasteiger partial charge in [0.05, 0.1) is 18.7 Å². The first kappa shape index (κ1) is 17.9. The van der Waals surface area contributed by atoms with Crippen LogP contribution in [-0.4, -0.2) is 49.7 Å². The summed E-state index contributed by atoms with van der Waals surface area (Å²) in [6.45, 7) is 7.81. The van der Waals surface area contributed by atoms with Crippen LogP contribution in [0.2, 0.25) is 0 Å². The van der Waals surface area contributed by atoms with Crippen molar-refractivity contribution in [3.63, 3.8) is 0 Å². The Morgan fingerprint density at radius 1 is 1.42 bits per heavy atom. The average molecular weight is 269 g/mol. The third kappa shape index (κ3) is 7.81. The van der Waals surface area contributed by atoms with E-state index in [1.165, 1.54) is 0 Å². The lowest BCUT2D eigenvalue weighted by molar-refractivity contribution is -0.126. The molecule has 5 heteroatoms. The minimum atomic E-state index is -0.234. The van der Waals surface area contributed by atoms with Crippen LogP contribution in [0.3, 0.4) is 0 Å². The number of ether oxygens (including phenoxy) is 1. The van der Waals surface area contributed by atoms with Crippen molar-refractivity contribution >= 4 is 5.91 Å². The molecule has 0 spiro atoms. The van der Waals surface area contributed by atoms with Crippen molar-refractivity contribution in [2.24, 2.45) is 0 Å². The van der Waals surface area contributed by atoms with Crippen molar-refractivity contribution in [3.8, 4) is 6.07 Å². The second-order valence-corrected chi connectivity index (χ2v) is 4.81. The first-order valence-corrected chi connectivity index (χ1v) is 6.97. The Bertz CT molecular complexity index is 289. The molecule has 0 heterocycles. The van der Waals surface area contributed by atoms with Crippen molar-refractivity contribution in [2.75, 3.05) is 26.8 Å². The Hall–Kier alpha value is -1.12. The van der Waals surface area contributed by atoms with Crippen LogP contribution in [0.5, 0.6) is 0 Å². The Kier molecular flexibility index (Phi) is 10.1. The average Bonchev–Trinajstić information content (AvgIpc) is 2.38. The van der Waals surface area contributed by atoms with Gasteiger partial charge in [0.1, 0.15) is 0 Å². The highest BCUT2D eigenvalue weighted by molar-refractivity contribution is 5.81. The molecule has 0 bridgehead atoms. The van der Waals surface area contributed by atoms with Crippen LogP contribution in [0.4, 0.5) is 0 Å². The lowest BCUT2D eigenvalue weighted by atomic mass is 10.1. The molecule has 1 N–H and O–H groups in total. The Morgan fingerprint density at radius 2 is 2.11 bits per heavy atom. The largest absolute Gasteiger partial charge is 0.383 e. The van der Waals surface area contributed by atoms with E-state index in [1.807, 2.05) is 18.7 Å². The summed E-state index contributed by atoms with van der Waals surface area (Å²) in [5.74, 6) is 0.0231. The zero-order chi connectivity index (χ0) is 14.7. The van der Waals surface area contributed by atoms with E-state index >= 15 is 0 Å². The van der Waals surface area contributed by atoms with E-state index in [-0.39, 0.29) is 18.0 Å². The summed E-state index contributed by atoms with van der Waals surface area (Å²) >= 11 is 0. The summed E-state index contributed by atoms with van der Waals surface area (Å²) in [5, 5.41) is 11.7. The Balaban J connectivity index is 4.37. The second-order valence-electron chi connectivity index (χ2n) is 4.81. The number of nitriles is 1. The summed E-state index contributed by atoms with van der Waals surface area (Å²) < 4.78 is 5.05. The predicted octanol–water partition coefficient (Wildman–Crippen LogP) is 1.54. The van der Waals surface area contributed by atoms with E-state index in [2.05, 4.69) is 18.3 Å². The van der Waals surface area contributed by atoms with Gasteiger partial charge in [-0.1, -0.05) is 13.3 Å². The normalized spacial score (nSPS) is 13.9. The molecule has 110 valence electrons. The Labute approximate surface area is 116 Å². The fraction of sp³-hybridized carbons (Fsp3) is 0.857. The minimum Gasteiger partial charge on any atom is -0.383 e. The first-order valence-electron chi connectivity index (χ1n) is 6.97. The number of nitrogens with zero attached hydrogens (tertiary/aromatic N) is 2. The maximum atomic E-state index is 12.1. The summed E-state index contributed by atoms with van der Waals surface area (Å²) in [4.78, 5) is 14.1. The van der Waals surface area contributed by atoms with Crippen LogP contribution >= 0.6 is 0 Å². The molecule has 2 atom stereocenters. The third-order valence-corrected chi connectivity index (χ3v) is 3.13. The van der Waals surface area contributed by atoms with Crippen molar-refractivity contribution < 1.29 is 9.53 Å². The zero-order valence-corrected chi connectivity index (χ0v) is 12.6. The van der Waals surface area contributed by atoms with E-state index in [0.29, 0.717) is 26.1 Å². The predicted molar refractivity (Wildman–Crippen MR) is 75.7 cm³/mol. The highest BCUT2D eigenvalue weighted by Gasteiger charge is 2.21. The standard InChI is InChI=1S/C14H27N3O2/c1-5-7-12(2)16-14(18)13(3)17(9-6-8-15)10-11-19-4/h12-13H,5-7,9-11H2,1-4H3,(H,16,18). The smallest absolute Gasteiger partial charge is 0.237 e. The van der Waals surface area contributed by atoms with E-state index in [0.717, 1.165) is 12.8 Å². The van der Waals surface area contributed by atoms with Crippen LogP contribution in [0, 0.1) is 11.3 Å². The van der Waals surface area contributed by atoms with Gasteiger partial charge in [-0.2, -0.15) is 5.26 Å². The SMILES string of the molecule is CCCC(C)NC(=O)C(C)N(CCC#N)CCOC. The molecule has 0 saturated carbocycles. The van der Waals surface area contributed by atoms with E-state index in [9.17, 15) is 4.79 Å². The molecule has 0 radical (unpaired) electrons. The topological polar surface area (TPSA) is 65.4 Å². The zero-order valence-electron chi connectivity index (χ0n) is 12.6. The number of rotatable bonds is 10. The lowest BCUT2D eigenvalue weighted by Gasteiger charge is -2.28. The summed E-state index contributed by atoms with van der Waals surface area (Å²) in [6, 6.07) is 2.08. The highest BCUT2D eigenvalue weighted by atomic mass is 16.5. The molecule has 0 aliphatic carbocycles. The summed E-state index contributed by atoms with van der Waals surface area (Å²) in [7, 11) is 1.64. The van der Waals surface area contributed by atoms with Crippen molar-refractivity contribution in [1.82, 2.24) is 10.2 Å². The van der Waals surface area contributed by atoms with Crippen LogP contribution in [0.1, 0.15) is 40.0 Å². The van der Waals surface area contributed by atoms with Gasteiger partial charge in [-0.05, 0) is 20.3 Å². The van der Waals surface area contributed by atoms with Crippen molar-refractivity contribution in [1.29, 1.82) is 5.26 Å². The molecule has 1 amide bonds. The number of carbonyl (C=O) groups excluding carboxylic acids is 1. The van der Waals surface area contributed by atoms with Gasteiger partial charge in [0.25, 0.3) is 0 Å². The van der Waals surface area contributed by atoms with E-state index < -0.39 is 0 Å². The molecule has 0 aliphatic rings. The maximum absolute atomic E-state index is 12.1. The monoisotopic (exact) mass is 269 g/mol. The molecular weight excluding hydrogens is 242 g/mol. The van der Waals surface area contributed by atoms with Gasteiger partial charge in [-0.15, -0.1) is 0 Å². The molecule has 19 heavy (non-hydrogen) atoms. The van der Waals surface area contributed by atoms with Gasteiger partial charge >= 0.3 is 0 Å². The van der Waals surface area contributed by atoms with E-state index in [4.69, 9.17) is 10.00 Å². The van der Waals surface area contributed by atoms with Gasteiger partial charge in [0.2, 0.25) is 5.91 Å². The number of nitrogens with one attached hydrogen (secondary N) is 1. The molecule has 0 aromatic rings. The lowest BCUT2D eigenvalue weighted by Crippen LogP contribution is -2.48. The molecular formula is C14H27N3O2. The van der Waals surface area contributed by atoms with Gasteiger partial charge < -0.3 is 10.1 Å². The number of hydrogen-bond acceptors (Lipinski definition) is 4. The molecule has 0 fully saturated rings. The first-order chi connectivity index (χ1) is 9.06. The van der Waals surface area contributed by atoms with Gasteiger partial charge in [-0.3, -0.25) is 9.69 Å². The Morgan fingerprint density at radius 3 is 2.63 bits per heavy atom. The molecule has 0 aromatic carbocycles. The molecule has 0 aliphatic heterocycles. The number of hydrogen-bond donors (Lipinski definition) is 1. The molecule has 0 rings (SSSR count). The minimum absolute atomic E-state index is 0.0231. The summed E-state index contributed by atoms with van der Waals surface area (Å²) in [5.41, 5.74) is 0. The van der Waals surface area contributed by atoms with Gasteiger partial charge in [-0.25, -0.2) is 0 Å². The summed E-state index contributed by atoms with van der Waals surface area (Å²) in [6.07, 6.45) is 2.46. The molecule has 5 nitrogen and oxygen atoms in total. The quantitative estimate of drug-likeness (QED) is 0.653.